The van der Waals surface area contributed by atoms with E-state index in [4.69, 9.17) is 0 Å². The van der Waals surface area contributed by atoms with Crippen LogP contribution in [-0.2, 0) is 6.54 Å². The maximum Gasteiger partial charge on any atom is 0.129 e. The number of hydroxylamine groups is 1. The minimum atomic E-state index is -0.589. The molecular formula is C17H18F2N2O. The fourth-order valence-corrected chi connectivity index (χ4v) is 3.10. The molecule has 3 nitrogen and oxygen atoms in total. The Kier molecular flexibility index (Phi) is 4.47. The lowest BCUT2D eigenvalue weighted by Gasteiger charge is -2.17. The molecule has 2 atom stereocenters. The van der Waals surface area contributed by atoms with E-state index in [2.05, 4.69) is 10.4 Å². The van der Waals surface area contributed by atoms with Crippen LogP contribution in [0.15, 0.2) is 48.5 Å². The molecular weight excluding hydrogens is 286 g/mol. The number of nitrogens with one attached hydrogen (secondary N) is 1. The van der Waals surface area contributed by atoms with E-state index in [0.717, 1.165) is 12.6 Å². The molecule has 5 heteroatoms. The second kappa shape index (κ2) is 6.52. The Hall–Kier alpha value is -1.82. The third-order valence-electron chi connectivity index (χ3n) is 4.17. The average Bonchev–Trinajstić information content (AvgIpc) is 2.91. The molecule has 2 N–H and O–H groups in total. The molecule has 3 rings (SSSR count). The van der Waals surface area contributed by atoms with Gasteiger partial charge in [-0.3, -0.25) is 4.90 Å². The predicted octanol–water partition coefficient (Wildman–Crippen LogP) is 2.91. The van der Waals surface area contributed by atoms with Crippen molar-refractivity contribution in [2.75, 3.05) is 13.1 Å². The van der Waals surface area contributed by atoms with Crippen molar-refractivity contribution < 1.29 is 14.0 Å². The first kappa shape index (κ1) is 15.1. The topological polar surface area (TPSA) is 35.5 Å². The van der Waals surface area contributed by atoms with Gasteiger partial charge < -0.3 is 5.21 Å². The molecule has 116 valence electrons. The van der Waals surface area contributed by atoms with E-state index in [-0.39, 0.29) is 12.0 Å². The van der Waals surface area contributed by atoms with Crippen molar-refractivity contribution in [1.29, 1.82) is 0 Å². The highest BCUT2D eigenvalue weighted by atomic mass is 19.1. The molecule has 2 aromatic carbocycles. The van der Waals surface area contributed by atoms with Crippen molar-refractivity contribution in [1.82, 2.24) is 10.4 Å². The summed E-state index contributed by atoms with van der Waals surface area (Å²) in [5.41, 5.74) is 3.87. The number of rotatable bonds is 4. The Morgan fingerprint density at radius 1 is 1.09 bits per heavy atom. The third kappa shape index (κ3) is 3.16. The summed E-state index contributed by atoms with van der Waals surface area (Å²) in [4.78, 5) is 2.15. The first-order valence-corrected chi connectivity index (χ1v) is 7.28. The van der Waals surface area contributed by atoms with Crippen molar-refractivity contribution in [3.8, 4) is 0 Å². The normalized spacial score (nSPS) is 22.1. The van der Waals surface area contributed by atoms with Crippen molar-refractivity contribution in [2.45, 2.75) is 18.5 Å². The number of likely N-dealkylation sites (tertiary alicyclic amines) is 1. The Morgan fingerprint density at radius 2 is 1.86 bits per heavy atom. The molecule has 2 unspecified atom stereocenters. The number of nitrogens with zero attached hydrogens (tertiary/aromatic N) is 1. The third-order valence-corrected chi connectivity index (χ3v) is 4.17. The van der Waals surface area contributed by atoms with Crippen LogP contribution in [0.1, 0.15) is 17.0 Å². The van der Waals surface area contributed by atoms with Crippen LogP contribution in [0, 0.1) is 11.6 Å². The minimum absolute atomic E-state index is 0.214. The van der Waals surface area contributed by atoms with Crippen LogP contribution in [0.3, 0.4) is 0 Å². The van der Waals surface area contributed by atoms with Gasteiger partial charge in [-0.15, -0.1) is 0 Å². The summed E-state index contributed by atoms with van der Waals surface area (Å²) in [7, 11) is 0. The molecule has 22 heavy (non-hydrogen) atoms. The van der Waals surface area contributed by atoms with Crippen LogP contribution < -0.4 is 5.48 Å². The number of benzene rings is 2. The average molecular weight is 304 g/mol. The predicted molar refractivity (Wildman–Crippen MR) is 79.5 cm³/mol. The molecule has 0 radical (unpaired) electrons. The van der Waals surface area contributed by atoms with Gasteiger partial charge in [-0.1, -0.05) is 36.4 Å². The Labute approximate surface area is 128 Å². The molecule has 0 aromatic heterocycles. The molecule has 1 saturated heterocycles. The summed E-state index contributed by atoms with van der Waals surface area (Å²) in [6.45, 7) is 1.95. The molecule has 0 spiro atoms. The Balaban J connectivity index is 1.77. The fraction of sp³-hybridized carbons (Fsp3) is 0.294. The molecule has 2 aromatic rings. The highest BCUT2D eigenvalue weighted by molar-refractivity contribution is 5.26. The van der Waals surface area contributed by atoms with E-state index in [1.807, 2.05) is 30.3 Å². The van der Waals surface area contributed by atoms with Gasteiger partial charge in [0.25, 0.3) is 0 Å². The lowest BCUT2D eigenvalue weighted by atomic mass is 9.94. The molecule has 1 heterocycles. The van der Waals surface area contributed by atoms with Crippen LogP contribution in [0.2, 0.25) is 0 Å². The number of hydrogen-bond donors (Lipinski definition) is 2. The van der Waals surface area contributed by atoms with E-state index >= 15 is 0 Å². The van der Waals surface area contributed by atoms with Crippen LogP contribution in [0.25, 0.3) is 0 Å². The van der Waals surface area contributed by atoms with Gasteiger partial charge in [0, 0.05) is 31.6 Å². The van der Waals surface area contributed by atoms with E-state index in [1.54, 1.807) is 0 Å². The number of halogens is 2. The van der Waals surface area contributed by atoms with Gasteiger partial charge in [-0.2, -0.15) is 0 Å². The standard InChI is InChI=1S/C17H18F2N2O/c18-13-6-7-14(16(19)8-13)15-10-21(11-17(15)20-22)9-12-4-2-1-3-5-12/h1-8,15,17,20,22H,9-11H2. The molecule has 0 amide bonds. The van der Waals surface area contributed by atoms with Gasteiger partial charge >= 0.3 is 0 Å². The van der Waals surface area contributed by atoms with Crippen LogP contribution >= 0.6 is 0 Å². The summed E-state index contributed by atoms with van der Waals surface area (Å²) in [6.07, 6.45) is 0. The second-order valence-corrected chi connectivity index (χ2v) is 5.69. The zero-order chi connectivity index (χ0) is 15.5. The minimum Gasteiger partial charge on any atom is -0.316 e. The van der Waals surface area contributed by atoms with Gasteiger partial charge in [-0.25, -0.2) is 14.3 Å². The number of hydrogen-bond acceptors (Lipinski definition) is 3. The SMILES string of the molecule is ONC1CN(Cc2ccccc2)CC1c1ccc(F)cc1F. The zero-order valence-corrected chi connectivity index (χ0v) is 12.0. The van der Waals surface area contributed by atoms with Gasteiger partial charge in [0.05, 0.1) is 6.04 Å². The van der Waals surface area contributed by atoms with E-state index < -0.39 is 11.6 Å². The highest BCUT2D eigenvalue weighted by Gasteiger charge is 2.35. The van der Waals surface area contributed by atoms with Crippen molar-refractivity contribution >= 4 is 0 Å². The fourth-order valence-electron chi connectivity index (χ4n) is 3.10. The molecule has 0 aliphatic carbocycles. The van der Waals surface area contributed by atoms with Gasteiger partial charge in [-0.05, 0) is 17.2 Å². The summed E-state index contributed by atoms with van der Waals surface area (Å²) < 4.78 is 27.1. The molecule has 0 bridgehead atoms. The first-order chi connectivity index (χ1) is 10.7. The summed E-state index contributed by atoms with van der Waals surface area (Å²) >= 11 is 0. The molecule has 1 fully saturated rings. The van der Waals surface area contributed by atoms with Crippen LogP contribution in [0.5, 0.6) is 0 Å². The monoisotopic (exact) mass is 304 g/mol. The van der Waals surface area contributed by atoms with E-state index in [9.17, 15) is 14.0 Å². The second-order valence-electron chi connectivity index (χ2n) is 5.69. The largest absolute Gasteiger partial charge is 0.316 e. The first-order valence-electron chi connectivity index (χ1n) is 7.28. The van der Waals surface area contributed by atoms with Crippen molar-refractivity contribution in [3.05, 3.63) is 71.3 Å². The maximum atomic E-state index is 14.0. The molecule has 1 aliphatic heterocycles. The maximum absolute atomic E-state index is 14.0. The van der Waals surface area contributed by atoms with Gasteiger partial charge in [0.2, 0.25) is 0 Å². The highest BCUT2D eigenvalue weighted by Crippen LogP contribution is 2.30. The summed E-state index contributed by atoms with van der Waals surface area (Å²) in [6, 6.07) is 13.3. The quantitative estimate of drug-likeness (QED) is 0.853. The zero-order valence-electron chi connectivity index (χ0n) is 12.0. The Morgan fingerprint density at radius 3 is 2.55 bits per heavy atom. The summed E-state index contributed by atoms with van der Waals surface area (Å²) in [5.74, 6) is -1.37. The van der Waals surface area contributed by atoms with E-state index in [0.29, 0.717) is 18.7 Å². The van der Waals surface area contributed by atoms with Crippen LogP contribution in [-0.4, -0.2) is 29.2 Å². The van der Waals surface area contributed by atoms with Gasteiger partial charge in [0.1, 0.15) is 11.6 Å². The van der Waals surface area contributed by atoms with Gasteiger partial charge in [0.15, 0.2) is 0 Å². The van der Waals surface area contributed by atoms with Crippen molar-refractivity contribution in [3.63, 3.8) is 0 Å². The lowest BCUT2D eigenvalue weighted by molar-refractivity contribution is 0.121. The smallest absolute Gasteiger partial charge is 0.129 e. The molecule has 0 saturated carbocycles. The summed E-state index contributed by atoms with van der Waals surface area (Å²) in [5, 5.41) is 9.35. The lowest BCUT2D eigenvalue weighted by Crippen LogP contribution is -2.33. The Bertz CT molecular complexity index is 636. The molecule has 1 aliphatic rings. The van der Waals surface area contributed by atoms with E-state index in [1.165, 1.54) is 17.7 Å². The van der Waals surface area contributed by atoms with Crippen LogP contribution in [0.4, 0.5) is 8.78 Å². The van der Waals surface area contributed by atoms with Crippen molar-refractivity contribution in [2.24, 2.45) is 0 Å².